The highest BCUT2D eigenvalue weighted by Crippen LogP contribution is 2.34. The quantitative estimate of drug-likeness (QED) is 0.829. The first-order valence-corrected chi connectivity index (χ1v) is 6.81. The minimum atomic E-state index is 0.653. The van der Waals surface area contributed by atoms with Crippen LogP contribution in [0.15, 0.2) is 6.20 Å². The Morgan fingerprint density at radius 1 is 1.67 bits per heavy atom. The molecule has 1 atom stereocenters. The predicted octanol–water partition coefficient (Wildman–Crippen LogP) is 3.46. The summed E-state index contributed by atoms with van der Waals surface area (Å²) in [4.78, 5) is 4.24. The number of aromatic nitrogens is 1. The summed E-state index contributed by atoms with van der Waals surface area (Å²) in [5.74, 6) is 0.988. The molecule has 15 heavy (non-hydrogen) atoms. The van der Waals surface area contributed by atoms with E-state index in [-0.39, 0.29) is 0 Å². The van der Waals surface area contributed by atoms with Crippen LogP contribution in [-0.2, 0) is 6.54 Å². The van der Waals surface area contributed by atoms with E-state index in [4.69, 9.17) is 11.6 Å². The molecule has 1 N–H and O–H groups in total. The predicted molar refractivity (Wildman–Crippen MR) is 65.4 cm³/mol. The zero-order chi connectivity index (χ0) is 10.7. The maximum absolute atomic E-state index is 5.83. The Labute approximate surface area is 100 Å². The molecule has 4 heteroatoms. The number of nitrogens with zero attached hydrogens (tertiary/aromatic N) is 1. The molecule has 1 aromatic rings. The zero-order valence-corrected chi connectivity index (χ0v) is 10.6. The second-order valence-corrected chi connectivity index (χ2v) is 5.97. The van der Waals surface area contributed by atoms with E-state index in [2.05, 4.69) is 17.2 Å². The third kappa shape index (κ3) is 3.74. The van der Waals surface area contributed by atoms with Crippen LogP contribution in [0.2, 0.25) is 4.34 Å². The van der Waals surface area contributed by atoms with Gasteiger partial charge < -0.3 is 5.32 Å². The third-order valence-electron chi connectivity index (χ3n) is 2.87. The summed E-state index contributed by atoms with van der Waals surface area (Å²) in [5, 5.41) is 4.65. The van der Waals surface area contributed by atoms with Gasteiger partial charge in [-0.2, -0.15) is 0 Å². The van der Waals surface area contributed by atoms with Crippen LogP contribution in [0.5, 0.6) is 0 Å². The first kappa shape index (κ1) is 11.4. The van der Waals surface area contributed by atoms with Crippen LogP contribution in [0.25, 0.3) is 0 Å². The van der Waals surface area contributed by atoms with Gasteiger partial charge in [-0.3, -0.25) is 0 Å². The molecule has 1 saturated carbocycles. The fraction of sp³-hybridized carbons (Fsp3) is 0.727. The van der Waals surface area contributed by atoms with Gasteiger partial charge in [0.05, 0.1) is 6.20 Å². The maximum atomic E-state index is 5.83. The van der Waals surface area contributed by atoms with Gasteiger partial charge in [-0.15, -0.1) is 11.3 Å². The Morgan fingerprint density at radius 2 is 2.47 bits per heavy atom. The molecule has 1 fully saturated rings. The highest BCUT2D eigenvalue weighted by molar-refractivity contribution is 7.15. The van der Waals surface area contributed by atoms with Crippen molar-refractivity contribution in [3.8, 4) is 0 Å². The molecular weight excluding hydrogens is 228 g/mol. The van der Waals surface area contributed by atoms with Crippen LogP contribution in [0.3, 0.4) is 0 Å². The molecule has 0 aliphatic heterocycles. The van der Waals surface area contributed by atoms with Gasteiger partial charge in [0.15, 0.2) is 0 Å². The number of rotatable bonds is 6. The van der Waals surface area contributed by atoms with E-state index in [1.807, 2.05) is 0 Å². The van der Waals surface area contributed by atoms with Gasteiger partial charge in [0, 0.05) is 12.6 Å². The van der Waals surface area contributed by atoms with Gasteiger partial charge in [-0.1, -0.05) is 31.4 Å². The van der Waals surface area contributed by atoms with Crippen molar-refractivity contribution in [2.75, 3.05) is 0 Å². The van der Waals surface area contributed by atoms with E-state index >= 15 is 0 Å². The van der Waals surface area contributed by atoms with Gasteiger partial charge >= 0.3 is 0 Å². The highest BCUT2D eigenvalue weighted by atomic mass is 35.5. The van der Waals surface area contributed by atoms with Gasteiger partial charge in [0.25, 0.3) is 0 Å². The Kier molecular flexibility index (Phi) is 4.00. The van der Waals surface area contributed by atoms with Crippen molar-refractivity contribution in [1.29, 1.82) is 0 Å². The molecule has 0 saturated heterocycles. The molecule has 84 valence electrons. The van der Waals surface area contributed by atoms with E-state index < -0.39 is 0 Å². The maximum Gasteiger partial charge on any atom is 0.113 e. The van der Waals surface area contributed by atoms with E-state index in [1.54, 1.807) is 17.5 Å². The number of halogens is 1. The molecule has 1 aliphatic carbocycles. The number of hydrogen-bond donors (Lipinski definition) is 1. The highest BCUT2D eigenvalue weighted by Gasteiger charge is 2.24. The SMILES string of the molecule is CCC(CC1CC1)NCc1ncc(Cl)s1. The van der Waals surface area contributed by atoms with Crippen molar-refractivity contribution in [1.82, 2.24) is 10.3 Å². The second kappa shape index (κ2) is 5.28. The van der Waals surface area contributed by atoms with Crippen molar-refractivity contribution in [2.24, 2.45) is 5.92 Å². The monoisotopic (exact) mass is 244 g/mol. The average molecular weight is 245 g/mol. The normalized spacial score (nSPS) is 18.0. The molecule has 2 rings (SSSR count). The van der Waals surface area contributed by atoms with Crippen LogP contribution >= 0.6 is 22.9 Å². The summed E-state index contributed by atoms with van der Waals surface area (Å²) in [7, 11) is 0. The zero-order valence-electron chi connectivity index (χ0n) is 9.00. The van der Waals surface area contributed by atoms with Crippen LogP contribution in [0, 0.1) is 5.92 Å². The van der Waals surface area contributed by atoms with E-state index in [0.717, 1.165) is 21.8 Å². The molecule has 1 unspecified atom stereocenters. The van der Waals surface area contributed by atoms with Crippen LogP contribution in [0.1, 0.15) is 37.6 Å². The fourth-order valence-corrected chi connectivity index (χ4v) is 2.66. The lowest BCUT2D eigenvalue weighted by Crippen LogP contribution is -2.28. The molecule has 1 heterocycles. The lowest BCUT2D eigenvalue weighted by atomic mass is 10.1. The van der Waals surface area contributed by atoms with Crippen molar-refractivity contribution in [3.63, 3.8) is 0 Å². The Hall–Kier alpha value is -0.120. The summed E-state index contributed by atoms with van der Waals surface area (Å²) in [6.45, 7) is 3.11. The van der Waals surface area contributed by atoms with Crippen molar-refractivity contribution < 1.29 is 0 Å². The standard InChI is InChI=1S/C11H17ClN2S/c1-2-9(5-8-3-4-8)13-7-11-14-6-10(12)15-11/h6,8-9,13H,2-5,7H2,1H3. The Morgan fingerprint density at radius 3 is 3.00 bits per heavy atom. The lowest BCUT2D eigenvalue weighted by Gasteiger charge is -2.15. The molecule has 0 aromatic carbocycles. The third-order valence-corrected chi connectivity index (χ3v) is 3.99. The van der Waals surface area contributed by atoms with Gasteiger partial charge in [-0.05, 0) is 18.8 Å². The number of thiazole rings is 1. The summed E-state index contributed by atoms with van der Waals surface area (Å²) >= 11 is 7.40. The molecular formula is C11H17ClN2S. The van der Waals surface area contributed by atoms with Crippen LogP contribution in [0.4, 0.5) is 0 Å². The summed E-state index contributed by atoms with van der Waals surface area (Å²) in [5.41, 5.74) is 0. The minimum absolute atomic E-state index is 0.653. The second-order valence-electron chi connectivity index (χ2n) is 4.22. The van der Waals surface area contributed by atoms with Crippen molar-refractivity contribution in [3.05, 3.63) is 15.5 Å². The number of nitrogens with one attached hydrogen (secondary N) is 1. The number of hydrogen-bond acceptors (Lipinski definition) is 3. The summed E-state index contributed by atoms with van der Waals surface area (Å²) in [6, 6.07) is 0.653. The average Bonchev–Trinajstić information content (AvgIpc) is 2.95. The molecule has 0 spiro atoms. The smallest absolute Gasteiger partial charge is 0.113 e. The first-order chi connectivity index (χ1) is 7.28. The molecule has 0 bridgehead atoms. The van der Waals surface area contributed by atoms with Crippen molar-refractivity contribution >= 4 is 22.9 Å². The lowest BCUT2D eigenvalue weighted by molar-refractivity contribution is 0.444. The summed E-state index contributed by atoms with van der Waals surface area (Å²) < 4.78 is 0.780. The molecule has 1 aromatic heterocycles. The molecule has 0 amide bonds. The van der Waals surface area contributed by atoms with Gasteiger partial charge in [0.1, 0.15) is 9.34 Å². The van der Waals surface area contributed by atoms with E-state index in [9.17, 15) is 0 Å². The topological polar surface area (TPSA) is 24.9 Å². The Balaban J connectivity index is 1.74. The summed E-state index contributed by atoms with van der Waals surface area (Å²) in [6.07, 6.45) is 7.12. The minimum Gasteiger partial charge on any atom is -0.308 e. The molecule has 1 aliphatic rings. The van der Waals surface area contributed by atoms with Crippen molar-refractivity contribution in [2.45, 2.75) is 45.2 Å². The van der Waals surface area contributed by atoms with Crippen LogP contribution < -0.4 is 5.32 Å². The van der Waals surface area contributed by atoms with E-state index in [0.29, 0.717) is 6.04 Å². The van der Waals surface area contributed by atoms with Crippen LogP contribution in [-0.4, -0.2) is 11.0 Å². The van der Waals surface area contributed by atoms with Gasteiger partial charge in [0.2, 0.25) is 0 Å². The molecule has 2 nitrogen and oxygen atoms in total. The fourth-order valence-electron chi connectivity index (χ4n) is 1.75. The van der Waals surface area contributed by atoms with Gasteiger partial charge in [-0.25, -0.2) is 4.98 Å². The first-order valence-electron chi connectivity index (χ1n) is 5.61. The Bertz CT molecular complexity index is 309. The molecule has 0 radical (unpaired) electrons. The largest absolute Gasteiger partial charge is 0.308 e. The van der Waals surface area contributed by atoms with E-state index in [1.165, 1.54) is 25.7 Å².